The average molecular weight is 304 g/mol. The number of aliphatic carboxylic acids is 1. The molecule has 1 heterocycles. The molecule has 0 aliphatic heterocycles. The van der Waals surface area contributed by atoms with Crippen LogP contribution in [0.2, 0.25) is 0 Å². The summed E-state index contributed by atoms with van der Waals surface area (Å²) in [6.45, 7) is 4.34. The second-order valence-corrected chi connectivity index (χ2v) is 6.95. The molecule has 4 nitrogen and oxygen atoms in total. The lowest BCUT2D eigenvalue weighted by Crippen LogP contribution is -2.08. The smallest absolute Gasteiger partial charge is 0.313 e. The number of aryl methyl sites for hydroxylation is 1. The molecule has 1 aromatic heterocycles. The summed E-state index contributed by atoms with van der Waals surface area (Å²) in [7, 11) is 0. The lowest BCUT2D eigenvalue weighted by atomic mass is 10.1. The van der Waals surface area contributed by atoms with Crippen LogP contribution in [0, 0.1) is 12.8 Å². The Balaban J connectivity index is 2.04. The summed E-state index contributed by atoms with van der Waals surface area (Å²) in [6, 6.07) is 6.74. The first-order valence-corrected chi connectivity index (χ1v) is 8.36. The molecule has 0 saturated heterocycles. The molecule has 5 heteroatoms. The number of aromatic nitrogens is 2. The van der Waals surface area contributed by atoms with Gasteiger partial charge in [0.2, 0.25) is 0 Å². The Labute approximate surface area is 128 Å². The third kappa shape index (κ3) is 2.93. The molecular weight excluding hydrogens is 284 g/mol. The first kappa shape index (κ1) is 14.4. The number of carboxylic acids is 1. The molecule has 1 saturated carbocycles. The molecule has 2 unspecified atom stereocenters. The Bertz CT molecular complexity index is 680. The van der Waals surface area contributed by atoms with Gasteiger partial charge in [0.15, 0.2) is 5.16 Å². The molecule has 3 rings (SSSR count). The molecule has 1 aromatic carbocycles. The molecule has 0 spiro atoms. The number of thioether (sulfide) groups is 1. The number of carbonyl (C=O) groups is 1. The van der Waals surface area contributed by atoms with Gasteiger partial charge in [-0.1, -0.05) is 24.8 Å². The zero-order valence-corrected chi connectivity index (χ0v) is 13.2. The third-order valence-corrected chi connectivity index (χ3v) is 5.11. The van der Waals surface area contributed by atoms with Crippen molar-refractivity contribution in [3.8, 4) is 0 Å². The van der Waals surface area contributed by atoms with E-state index in [1.54, 1.807) is 0 Å². The van der Waals surface area contributed by atoms with Crippen molar-refractivity contribution in [2.24, 2.45) is 5.92 Å². The molecule has 1 aliphatic rings. The second kappa shape index (κ2) is 5.72. The van der Waals surface area contributed by atoms with Crippen molar-refractivity contribution in [3.63, 3.8) is 0 Å². The van der Waals surface area contributed by atoms with E-state index >= 15 is 0 Å². The third-order valence-electron chi connectivity index (χ3n) is 4.17. The highest BCUT2D eigenvalue weighted by molar-refractivity contribution is 7.99. The van der Waals surface area contributed by atoms with Crippen molar-refractivity contribution in [3.05, 3.63) is 23.8 Å². The Hall–Kier alpha value is -1.49. The summed E-state index contributed by atoms with van der Waals surface area (Å²) < 4.78 is 2.27. The Morgan fingerprint density at radius 3 is 2.95 bits per heavy atom. The number of nitrogens with zero attached hydrogens (tertiary/aromatic N) is 2. The van der Waals surface area contributed by atoms with E-state index in [1.165, 1.54) is 23.7 Å². The molecule has 1 fully saturated rings. The van der Waals surface area contributed by atoms with Gasteiger partial charge in [-0.3, -0.25) is 4.79 Å². The quantitative estimate of drug-likeness (QED) is 0.871. The van der Waals surface area contributed by atoms with Crippen LogP contribution >= 0.6 is 11.8 Å². The molecule has 1 aliphatic carbocycles. The van der Waals surface area contributed by atoms with Crippen molar-refractivity contribution in [2.75, 3.05) is 5.75 Å². The van der Waals surface area contributed by atoms with E-state index in [9.17, 15) is 4.79 Å². The van der Waals surface area contributed by atoms with Crippen molar-refractivity contribution in [2.45, 2.75) is 44.3 Å². The molecule has 2 aromatic rings. The fraction of sp³-hybridized carbons (Fsp3) is 0.500. The van der Waals surface area contributed by atoms with Crippen molar-refractivity contribution in [1.82, 2.24) is 9.55 Å². The van der Waals surface area contributed by atoms with Crippen LogP contribution in [0.3, 0.4) is 0 Å². The minimum atomic E-state index is -0.797. The number of imidazole rings is 1. The van der Waals surface area contributed by atoms with Crippen LogP contribution in [0.5, 0.6) is 0 Å². The van der Waals surface area contributed by atoms with Crippen molar-refractivity contribution in [1.29, 1.82) is 0 Å². The number of hydrogen-bond donors (Lipinski definition) is 1. The molecule has 2 atom stereocenters. The van der Waals surface area contributed by atoms with Gasteiger partial charge in [0.1, 0.15) is 0 Å². The summed E-state index contributed by atoms with van der Waals surface area (Å²) in [5.74, 6) is -0.00490. The first-order chi connectivity index (χ1) is 10.0. The topological polar surface area (TPSA) is 55.1 Å². The molecule has 1 N–H and O–H groups in total. The van der Waals surface area contributed by atoms with E-state index in [1.807, 2.05) is 0 Å². The van der Waals surface area contributed by atoms with Gasteiger partial charge in [-0.05, 0) is 49.8 Å². The molecule has 0 radical (unpaired) electrons. The van der Waals surface area contributed by atoms with Gasteiger partial charge < -0.3 is 9.67 Å². The maximum absolute atomic E-state index is 10.9. The van der Waals surface area contributed by atoms with Crippen LogP contribution in [-0.4, -0.2) is 26.4 Å². The van der Waals surface area contributed by atoms with Crippen LogP contribution in [-0.2, 0) is 4.79 Å². The SMILES string of the molecule is Cc1ccc2c(c1)nc(SCC(=O)O)n2C1CCC(C)C1. The van der Waals surface area contributed by atoms with Gasteiger partial charge in [0, 0.05) is 6.04 Å². The lowest BCUT2D eigenvalue weighted by molar-refractivity contribution is -0.133. The van der Waals surface area contributed by atoms with E-state index in [4.69, 9.17) is 5.11 Å². The molecule has 0 amide bonds. The standard InChI is InChI=1S/C16H20N2O2S/c1-10-3-5-12(7-10)18-14-6-4-11(2)8-13(14)17-16(18)21-9-15(19)20/h4,6,8,10,12H,3,5,7,9H2,1-2H3,(H,19,20). The zero-order chi connectivity index (χ0) is 15.0. The largest absolute Gasteiger partial charge is 0.481 e. The second-order valence-electron chi connectivity index (χ2n) is 6.01. The van der Waals surface area contributed by atoms with Gasteiger partial charge in [0.05, 0.1) is 16.8 Å². The van der Waals surface area contributed by atoms with E-state index in [2.05, 4.69) is 41.6 Å². The maximum atomic E-state index is 10.9. The number of rotatable bonds is 4. The highest BCUT2D eigenvalue weighted by atomic mass is 32.2. The number of hydrogen-bond acceptors (Lipinski definition) is 3. The van der Waals surface area contributed by atoms with Crippen LogP contribution in [0.15, 0.2) is 23.4 Å². The van der Waals surface area contributed by atoms with E-state index in [0.29, 0.717) is 6.04 Å². The molecule has 112 valence electrons. The van der Waals surface area contributed by atoms with Crippen LogP contribution < -0.4 is 0 Å². The monoisotopic (exact) mass is 304 g/mol. The number of carboxylic acid groups (broad SMARTS) is 1. The summed E-state index contributed by atoms with van der Waals surface area (Å²) >= 11 is 1.33. The van der Waals surface area contributed by atoms with Crippen LogP contribution in [0.1, 0.15) is 37.8 Å². The van der Waals surface area contributed by atoms with Gasteiger partial charge >= 0.3 is 5.97 Å². The predicted octanol–water partition coefficient (Wildman–Crippen LogP) is 3.88. The summed E-state index contributed by atoms with van der Waals surface area (Å²) in [5.41, 5.74) is 3.29. The number of fused-ring (bicyclic) bond motifs is 1. The van der Waals surface area contributed by atoms with Crippen molar-refractivity contribution >= 4 is 28.8 Å². The first-order valence-electron chi connectivity index (χ1n) is 7.38. The summed E-state index contributed by atoms with van der Waals surface area (Å²) in [5, 5.41) is 9.78. The maximum Gasteiger partial charge on any atom is 0.313 e. The van der Waals surface area contributed by atoms with E-state index in [-0.39, 0.29) is 5.75 Å². The van der Waals surface area contributed by atoms with Crippen LogP contribution in [0.25, 0.3) is 11.0 Å². The minimum Gasteiger partial charge on any atom is -0.481 e. The molecule has 0 bridgehead atoms. The van der Waals surface area contributed by atoms with Gasteiger partial charge in [-0.25, -0.2) is 4.98 Å². The zero-order valence-electron chi connectivity index (χ0n) is 12.4. The van der Waals surface area contributed by atoms with Gasteiger partial charge in [-0.15, -0.1) is 0 Å². The van der Waals surface area contributed by atoms with Crippen LogP contribution in [0.4, 0.5) is 0 Å². The molecular formula is C16H20N2O2S. The normalized spacial score (nSPS) is 22.0. The van der Waals surface area contributed by atoms with Gasteiger partial charge in [0.25, 0.3) is 0 Å². The fourth-order valence-electron chi connectivity index (χ4n) is 3.18. The lowest BCUT2D eigenvalue weighted by Gasteiger charge is -2.16. The highest BCUT2D eigenvalue weighted by Gasteiger charge is 2.26. The number of benzene rings is 1. The van der Waals surface area contributed by atoms with Gasteiger partial charge in [-0.2, -0.15) is 0 Å². The predicted molar refractivity (Wildman–Crippen MR) is 84.9 cm³/mol. The van der Waals surface area contributed by atoms with E-state index in [0.717, 1.165) is 34.9 Å². The Morgan fingerprint density at radius 1 is 1.48 bits per heavy atom. The summed E-state index contributed by atoms with van der Waals surface area (Å²) in [6.07, 6.45) is 3.54. The summed E-state index contributed by atoms with van der Waals surface area (Å²) in [4.78, 5) is 15.5. The Kier molecular flexibility index (Phi) is 3.93. The van der Waals surface area contributed by atoms with E-state index < -0.39 is 5.97 Å². The van der Waals surface area contributed by atoms with Crippen molar-refractivity contribution < 1.29 is 9.90 Å². The fourth-order valence-corrected chi connectivity index (χ4v) is 3.98. The molecule has 21 heavy (non-hydrogen) atoms. The average Bonchev–Trinajstić information content (AvgIpc) is 2.98. The minimum absolute atomic E-state index is 0.0601. The highest BCUT2D eigenvalue weighted by Crippen LogP contribution is 2.39. The Morgan fingerprint density at radius 2 is 2.29 bits per heavy atom.